The number of ether oxygens (including phenoxy) is 1. The molecule has 0 fully saturated rings. The first kappa shape index (κ1) is 38.7. The maximum Gasteiger partial charge on any atom is 0.309 e. The maximum absolute atomic E-state index is 12.0. The zero-order valence-electron chi connectivity index (χ0n) is 26.9. The van der Waals surface area contributed by atoms with E-state index in [0.29, 0.717) is 13.0 Å². The Morgan fingerprint density at radius 3 is 1.30 bits per heavy atom. The minimum absolute atomic E-state index is 0.113. The molecule has 0 saturated carbocycles. The molecule has 40 heavy (non-hydrogen) atoms. The van der Waals surface area contributed by atoms with Crippen LogP contribution in [0.3, 0.4) is 0 Å². The number of carbonyl (C=O) groups is 2. The highest BCUT2D eigenvalue weighted by molar-refractivity contribution is 5.79. The van der Waals surface area contributed by atoms with Crippen molar-refractivity contribution in [3.05, 3.63) is 12.2 Å². The smallest absolute Gasteiger partial charge is 0.309 e. The third kappa shape index (κ3) is 29.7. The largest absolute Gasteiger partial charge is 0.481 e. The van der Waals surface area contributed by atoms with Crippen molar-refractivity contribution >= 4 is 11.9 Å². The molecule has 0 aliphatic carbocycles. The molecule has 0 aromatic rings. The van der Waals surface area contributed by atoms with Crippen molar-refractivity contribution in [2.75, 3.05) is 6.61 Å². The van der Waals surface area contributed by atoms with E-state index in [-0.39, 0.29) is 12.4 Å². The number of carboxylic acids is 1. The molecule has 0 rings (SSSR count). The van der Waals surface area contributed by atoms with Crippen LogP contribution in [-0.4, -0.2) is 23.7 Å². The van der Waals surface area contributed by atoms with Gasteiger partial charge in [-0.25, -0.2) is 0 Å². The van der Waals surface area contributed by atoms with Crippen LogP contribution >= 0.6 is 0 Å². The van der Waals surface area contributed by atoms with Crippen molar-refractivity contribution in [2.45, 2.75) is 194 Å². The Balaban J connectivity index is 3.35. The topological polar surface area (TPSA) is 63.6 Å². The second kappa shape index (κ2) is 32.2. The van der Waals surface area contributed by atoms with Gasteiger partial charge in [0.25, 0.3) is 0 Å². The number of hydrogen-bond acceptors (Lipinski definition) is 3. The second-order valence-corrected chi connectivity index (χ2v) is 12.1. The Morgan fingerprint density at radius 1 is 0.550 bits per heavy atom. The molecule has 1 N–H and O–H groups in total. The van der Waals surface area contributed by atoms with Gasteiger partial charge in [-0.15, -0.1) is 0 Å². The van der Waals surface area contributed by atoms with Crippen molar-refractivity contribution in [2.24, 2.45) is 5.92 Å². The number of hydrogen-bond donors (Lipinski definition) is 1. The van der Waals surface area contributed by atoms with Crippen molar-refractivity contribution in [3.8, 4) is 0 Å². The van der Waals surface area contributed by atoms with Gasteiger partial charge in [0.05, 0.1) is 18.9 Å². The number of allylic oxidation sites excluding steroid dienone is 2. The molecule has 0 saturated heterocycles. The van der Waals surface area contributed by atoms with E-state index in [9.17, 15) is 9.59 Å². The van der Waals surface area contributed by atoms with Crippen LogP contribution in [0.2, 0.25) is 0 Å². The lowest BCUT2D eigenvalue weighted by Gasteiger charge is -2.13. The number of rotatable bonds is 32. The van der Waals surface area contributed by atoms with Crippen LogP contribution in [-0.2, 0) is 14.3 Å². The fraction of sp³-hybridized carbons (Fsp3) is 0.889. The van der Waals surface area contributed by atoms with Gasteiger partial charge in [0.2, 0.25) is 0 Å². The van der Waals surface area contributed by atoms with Gasteiger partial charge in [-0.05, 0) is 38.5 Å². The summed E-state index contributed by atoms with van der Waals surface area (Å²) < 4.78 is 5.16. The molecule has 0 bridgehead atoms. The summed E-state index contributed by atoms with van der Waals surface area (Å²) in [6, 6.07) is 0. The van der Waals surface area contributed by atoms with E-state index in [2.05, 4.69) is 19.1 Å². The molecule has 1 atom stereocenters. The van der Waals surface area contributed by atoms with E-state index < -0.39 is 11.9 Å². The Labute approximate surface area is 249 Å². The molecular formula is C36H68O4. The average molecular weight is 565 g/mol. The second-order valence-electron chi connectivity index (χ2n) is 12.1. The summed E-state index contributed by atoms with van der Waals surface area (Å²) in [4.78, 5) is 23.1. The molecule has 0 radical (unpaired) electrons. The van der Waals surface area contributed by atoms with E-state index in [0.717, 1.165) is 19.3 Å². The maximum atomic E-state index is 12.0. The van der Waals surface area contributed by atoms with E-state index >= 15 is 0 Å². The van der Waals surface area contributed by atoms with Gasteiger partial charge >= 0.3 is 11.9 Å². The first-order chi connectivity index (χ1) is 19.6. The van der Waals surface area contributed by atoms with Crippen LogP contribution in [0.4, 0.5) is 0 Å². The van der Waals surface area contributed by atoms with Crippen molar-refractivity contribution in [3.63, 3.8) is 0 Å². The Morgan fingerprint density at radius 2 is 0.925 bits per heavy atom. The minimum Gasteiger partial charge on any atom is -0.481 e. The normalized spacial score (nSPS) is 12.2. The summed E-state index contributed by atoms with van der Waals surface area (Å²) in [5, 5.41) is 9.05. The molecule has 0 amide bonds. The van der Waals surface area contributed by atoms with Gasteiger partial charge in [-0.1, -0.05) is 161 Å². The fourth-order valence-corrected chi connectivity index (χ4v) is 5.42. The first-order valence-corrected chi connectivity index (χ1v) is 17.6. The van der Waals surface area contributed by atoms with Crippen LogP contribution in [0.1, 0.15) is 194 Å². The third-order valence-corrected chi connectivity index (χ3v) is 8.02. The van der Waals surface area contributed by atoms with E-state index in [1.807, 2.05) is 6.92 Å². The first-order valence-electron chi connectivity index (χ1n) is 17.6. The monoisotopic (exact) mass is 565 g/mol. The standard InChI is InChI=1S/C36H68O4/c1-3-5-6-7-8-9-10-11-12-13-14-15-16-17-18-19-20-21-22-23-24-25-26-27-28-29-30-31-34(33-35(37)38)36(39)40-32-4-2/h17-18,34H,3-16,19-33H2,1-2H3,(H,37,38)/b18-17+. The number of carboxylic acid groups (broad SMARTS) is 1. The highest BCUT2D eigenvalue weighted by Gasteiger charge is 2.22. The van der Waals surface area contributed by atoms with Gasteiger partial charge in [-0.2, -0.15) is 0 Å². The summed E-state index contributed by atoms with van der Waals surface area (Å²) >= 11 is 0. The lowest BCUT2D eigenvalue weighted by atomic mass is 9.97. The average Bonchev–Trinajstić information content (AvgIpc) is 2.94. The summed E-state index contributed by atoms with van der Waals surface area (Å²) in [5.74, 6) is -1.74. The number of carbonyl (C=O) groups excluding carboxylic acids is 1. The number of esters is 1. The molecule has 0 aliphatic heterocycles. The van der Waals surface area contributed by atoms with E-state index in [1.165, 1.54) is 148 Å². The Hall–Kier alpha value is -1.32. The molecule has 0 aliphatic rings. The minimum atomic E-state index is -0.917. The highest BCUT2D eigenvalue weighted by atomic mass is 16.5. The van der Waals surface area contributed by atoms with E-state index in [4.69, 9.17) is 9.84 Å². The van der Waals surface area contributed by atoms with Crippen LogP contribution in [0.25, 0.3) is 0 Å². The predicted molar refractivity (Wildman–Crippen MR) is 172 cm³/mol. The summed E-state index contributed by atoms with van der Waals surface area (Å²) in [7, 11) is 0. The highest BCUT2D eigenvalue weighted by Crippen LogP contribution is 2.18. The molecular weight excluding hydrogens is 496 g/mol. The third-order valence-electron chi connectivity index (χ3n) is 8.02. The van der Waals surface area contributed by atoms with Gasteiger partial charge in [0.1, 0.15) is 0 Å². The Bertz CT molecular complexity index is 571. The van der Waals surface area contributed by atoms with Crippen molar-refractivity contribution < 1.29 is 19.4 Å². The van der Waals surface area contributed by atoms with E-state index in [1.54, 1.807) is 0 Å². The Kier molecular flexibility index (Phi) is 31.1. The summed E-state index contributed by atoms with van der Waals surface area (Å²) in [6.07, 6.45) is 39.5. The van der Waals surface area contributed by atoms with Crippen LogP contribution in [0, 0.1) is 5.92 Å². The van der Waals surface area contributed by atoms with Crippen molar-refractivity contribution in [1.82, 2.24) is 0 Å². The molecule has 1 unspecified atom stereocenters. The summed E-state index contributed by atoms with van der Waals surface area (Å²) in [6.45, 7) is 4.61. The molecule has 0 aromatic carbocycles. The SMILES string of the molecule is CCCCCCCCCCCCCC/C=C/CCCCCCCCCCCCCC(CC(=O)O)C(=O)OCCC. The lowest BCUT2D eigenvalue weighted by molar-refractivity contribution is -0.153. The zero-order valence-corrected chi connectivity index (χ0v) is 26.9. The number of unbranched alkanes of at least 4 members (excludes halogenated alkanes) is 23. The van der Waals surface area contributed by atoms with Crippen LogP contribution in [0.15, 0.2) is 12.2 Å². The number of aliphatic carboxylic acids is 1. The summed E-state index contributed by atoms with van der Waals surface area (Å²) in [5.41, 5.74) is 0. The van der Waals surface area contributed by atoms with Crippen molar-refractivity contribution in [1.29, 1.82) is 0 Å². The molecule has 236 valence electrons. The fourth-order valence-electron chi connectivity index (χ4n) is 5.42. The molecule has 4 heteroatoms. The molecule has 0 spiro atoms. The zero-order chi connectivity index (χ0) is 29.4. The predicted octanol–water partition coefficient (Wildman–Crippen LogP) is 11.7. The van der Waals surface area contributed by atoms with Gasteiger partial charge in [0.15, 0.2) is 0 Å². The van der Waals surface area contributed by atoms with Gasteiger partial charge in [0, 0.05) is 0 Å². The lowest BCUT2D eigenvalue weighted by Crippen LogP contribution is -2.21. The quantitative estimate of drug-likeness (QED) is 0.0501. The molecule has 0 aromatic heterocycles. The van der Waals surface area contributed by atoms with Gasteiger partial charge in [-0.3, -0.25) is 9.59 Å². The van der Waals surface area contributed by atoms with Crippen LogP contribution < -0.4 is 0 Å². The molecule has 4 nitrogen and oxygen atoms in total. The van der Waals surface area contributed by atoms with Crippen LogP contribution in [0.5, 0.6) is 0 Å². The van der Waals surface area contributed by atoms with Gasteiger partial charge < -0.3 is 9.84 Å². The molecule has 0 heterocycles.